The summed E-state index contributed by atoms with van der Waals surface area (Å²) in [5, 5.41) is 7.59. The van der Waals surface area contributed by atoms with Gasteiger partial charge in [0.1, 0.15) is 5.76 Å². The summed E-state index contributed by atoms with van der Waals surface area (Å²) in [6.07, 6.45) is 6.29. The van der Waals surface area contributed by atoms with Crippen LogP contribution in [0.4, 0.5) is 0 Å². The van der Waals surface area contributed by atoms with Crippen LogP contribution < -0.4 is 5.32 Å². The number of nitrogens with one attached hydrogen (secondary N) is 1. The molecule has 0 bridgehead atoms. The predicted molar refractivity (Wildman–Crippen MR) is 125 cm³/mol. The number of halogens is 1. The zero-order valence-corrected chi connectivity index (χ0v) is 20.6. The Hall–Kier alpha value is -0.870. The number of guanidine groups is 1. The van der Waals surface area contributed by atoms with E-state index in [2.05, 4.69) is 27.3 Å². The van der Waals surface area contributed by atoms with E-state index in [1.807, 2.05) is 20.9 Å². The lowest BCUT2D eigenvalue weighted by Crippen LogP contribution is -2.48. The molecule has 3 rings (SSSR count). The van der Waals surface area contributed by atoms with Crippen LogP contribution in [0.1, 0.15) is 62.0 Å². The van der Waals surface area contributed by atoms with E-state index in [1.54, 1.807) is 0 Å². The Balaban J connectivity index is 0.00000300. The molecule has 0 aliphatic carbocycles. The summed E-state index contributed by atoms with van der Waals surface area (Å²) in [5.41, 5.74) is 2.17. The van der Waals surface area contributed by atoms with Crippen molar-refractivity contribution in [2.75, 3.05) is 39.9 Å². The molecule has 1 N–H and O–H groups in total. The Morgan fingerprint density at radius 1 is 1.28 bits per heavy atom. The third kappa shape index (κ3) is 6.82. The average Bonchev–Trinajstić information content (AvgIpc) is 3.06. The van der Waals surface area contributed by atoms with Gasteiger partial charge in [0.05, 0.1) is 24.5 Å². The van der Waals surface area contributed by atoms with Gasteiger partial charge in [0.2, 0.25) is 0 Å². The Morgan fingerprint density at radius 2 is 2.03 bits per heavy atom. The highest BCUT2D eigenvalue weighted by Crippen LogP contribution is 2.23. The fraction of sp³-hybridized carbons (Fsp3) is 0.810. The van der Waals surface area contributed by atoms with Crippen molar-refractivity contribution in [3.05, 3.63) is 17.0 Å². The molecule has 7 nitrogen and oxygen atoms in total. The van der Waals surface area contributed by atoms with Gasteiger partial charge in [-0.2, -0.15) is 0 Å². The van der Waals surface area contributed by atoms with Gasteiger partial charge in [-0.05, 0) is 46.0 Å². The number of nitrogens with zero attached hydrogens (tertiary/aromatic N) is 3. The fourth-order valence-electron chi connectivity index (χ4n) is 4.29. The molecule has 0 spiro atoms. The first kappa shape index (κ1) is 24.4. The lowest BCUT2D eigenvalue weighted by molar-refractivity contribution is -0.0721. The number of hydrogen-bond acceptors (Lipinski definition) is 5. The number of rotatable bonds is 6. The zero-order chi connectivity index (χ0) is 19.9. The maximum Gasteiger partial charge on any atom is 0.193 e. The lowest BCUT2D eigenvalue weighted by atomic mass is 9.99. The van der Waals surface area contributed by atoms with E-state index in [0.29, 0.717) is 18.1 Å². The standard InChI is InChI=1S/C21H36N4O3.HI/c1-15(20-16(2)24-28-17(20)3)13-23-21(22-4)25-10-8-18(9-11-25)27-14-19-7-5-6-12-26-19;/h15,18-19H,5-14H2,1-4H3,(H,22,23);1H. The molecule has 2 aliphatic rings. The Morgan fingerprint density at radius 3 is 2.62 bits per heavy atom. The molecule has 2 atom stereocenters. The summed E-state index contributed by atoms with van der Waals surface area (Å²) in [7, 11) is 1.85. The number of piperidine rings is 1. The molecule has 0 radical (unpaired) electrons. The summed E-state index contributed by atoms with van der Waals surface area (Å²) in [6, 6.07) is 0. The van der Waals surface area contributed by atoms with Crippen LogP contribution in [0, 0.1) is 13.8 Å². The van der Waals surface area contributed by atoms with Gasteiger partial charge in [-0.1, -0.05) is 12.1 Å². The summed E-state index contributed by atoms with van der Waals surface area (Å²) in [5.74, 6) is 2.19. The molecular weight excluding hydrogens is 483 g/mol. The van der Waals surface area contributed by atoms with Crippen molar-refractivity contribution >= 4 is 29.9 Å². The molecule has 0 saturated carbocycles. The highest BCUT2D eigenvalue weighted by atomic mass is 127. The summed E-state index contributed by atoms with van der Waals surface area (Å²) in [4.78, 5) is 6.82. The van der Waals surface area contributed by atoms with Crippen LogP contribution in [-0.2, 0) is 9.47 Å². The molecule has 29 heavy (non-hydrogen) atoms. The van der Waals surface area contributed by atoms with Crippen molar-refractivity contribution in [3.63, 3.8) is 0 Å². The Labute approximate surface area is 192 Å². The molecule has 2 unspecified atom stereocenters. The second kappa shape index (κ2) is 12.1. The van der Waals surface area contributed by atoms with E-state index in [-0.39, 0.29) is 24.0 Å². The van der Waals surface area contributed by atoms with E-state index < -0.39 is 0 Å². The second-order valence-corrected chi connectivity index (χ2v) is 8.08. The minimum atomic E-state index is 0. The fourth-order valence-corrected chi connectivity index (χ4v) is 4.29. The van der Waals surface area contributed by atoms with Crippen LogP contribution in [0.25, 0.3) is 0 Å². The van der Waals surface area contributed by atoms with Gasteiger partial charge in [0, 0.05) is 44.8 Å². The van der Waals surface area contributed by atoms with Gasteiger partial charge < -0.3 is 24.2 Å². The van der Waals surface area contributed by atoms with Gasteiger partial charge >= 0.3 is 0 Å². The second-order valence-electron chi connectivity index (χ2n) is 8.08. The van der Waals surface area contributed by atoms with Crippen LogP contribution >= 0.6 is 24.0 Å². The van der Waals surface area contributed by atoms with E-state index >= 15 is 0 Å². The first-order chi connectivity index (χ1) is 13.6. The van der Waals surface area contributed by atoms with Gasteiger partial charge in [-0.15, -0.1) is 24.0 Å². The van der Waals surface area contributed by atoms with Crippen LogP contribution in [0.3, 0.4) is 0 Å². The largest absolute Gasteiger partial charge is 0.376 e. The molecule has 0 aromatic carbocycles. The van der Waals surface area contributed by atoms with E-state index in [4.69, 9.17) is 14.0 Å². The molecule has 3 heterocycles. The Kier molecular flexibility index (Phi) is 10.2. The first-order valence-electron chi connectivity index (χ1n) is 10.7. The molecule has 2 saturated heterocycles. The van der Waals surface area contributed by atoms with Crippen molar-refractivity contribution in [1.29, 1.82) is 0 Å². The topological polar surface area (TPSA) is 72.1 Å². The molecule has 0 amide bonds. The third-order valence-electron chi connectivity index (χ3n) is 5.89. The predicted octanol–water partition coefficient (Wildman–Crippen LogP) is 3.64. The van der Waals surface area contributed by atoms with Crippen molar-refractivity contribution in [1.82, 2.24) is 15.4 Å². The van der Waals surface area contributed by atoms with Crippen molar-refractivity contribution in [2.24, 2.45) is 4.99 Å². The zero-order valence-electron chi connectivity index (χ0n) is 18.3. The highest BCUT2D eigenvalue weighted by molar-refractivity contribution is 14.0. The molecule has 2 fully saturated rings. The monoisotopic (exact) mass is 520 g/mol. The van der Waals surface area contributed by atoms with Crippen LogP contribution in [0.5, 0.6) is 0 Å². The van der Waals surface area contributed by atoms with Crippen LogP contribution in [-0.4, -0.2) is 68.1 Å². The van der Waals surface area contributed by atoms with Gasteiger partial charge in [0.15, 0.2) is 5.96 Å². The summed E-state index contributed by atoms with van der Waals surface area (Å²) < 4.78 is 17.2. The Bertz CT molecular complexity index is 618. The van der Waals surface area contributed by atoms with E-state index in [1.165, 1.54) is 18.4 Å². The molecule has 166 valence electrons. The molecule has 8 heteroatoms. The SMILES string of the molecule is CN=C(NCC(C)c1c(C)noc1C)N1CCC(OCC2CCCCO2)CC1.I. The molecule has 2 aliphatic heterocycles. The van der Waals surface area contributed by atoms with Crippen LogP contribution in [0.2, 0.25) is 0 Å². The molecule has 1 aromatic heterocycles. The number of aromatic nitrogens is 1. The maximum absolute atomic E-state index is 6.13. The van der Waals surface area contributed by atoms with Crippen molar-refractivity contribution in [3.8, 4) is 0 Å². The molecule has 1 aromatic rings. The number of aliphatic imine (C=N–C) groups is 1. The first-order valence-corrected chi connectivity index (χ1v) is 10.7. The molecular formula is C21H37IN4O3. The third-order valence-corrected chi connectivity index (χ3v) is 5.89. The van der Waals surface area contributed by atoms with Crippen molar-refractivity contribution in [2.45, 2.75) is 71.0 Å². The minimum absolute atomic E-state index is 0. The lowest BCUT2D eigenvalue weighted by Gasteiger charge is -2.35. The normalized spacial score (nSPS) is 22.3. The van der Waals surface area contributed by atoms with Gasteiger partial charge in [0.25, 0.3) is 0 Å². The van der Waals surface area contributed by atoms with Crippen LogP contribution in [0.15, 0.2) is 9.52 Å². The number of aryl methyl sites for hydroxylation is 2. The van der Waals surface area contributed by atoms with Crippen molar-refractivity contribution < 1.29 is 14.0 Å². The maximum atomic E-state index is 6.13. The summed E-state index contributed by atoms with van der Waals surface area (Å²) >= 11 is 0. The van der Waals surface area contributed by atoms with E-state index in [9.17, 15) is 0 Å². The highest BCUT2D eigenvalue weighted by Gasteiger charge is 2.24. The number of ether oxygens (including phenoxy) is 2. The average molecular weight is 520 g/mol. The number of likely N-dealkylation sites (tertiary alicyclic amines) is 1. The van der Waals surface area contributed by atoms with E-state index in [0.717, 1.165) is 69.5 Å². The quantitative estimate of drug-likeness (QED) is 0.351. The minimum Gasteiger partial charge on any atom is -0.376 e. The van der Waals surface area contributed by atoms with Gasteiger partial charge in [-0.25, -0.2) is 0 Å². The van der Waals surface area contributed by atoms with Gasteiger partial charge in [-0.3, -0.25) is 4.99 Å². The number of hydrogen-bond donors (Lipinski definition) is 1. The smallest absolute Gasteiger partial charge is 0.193 e. The summed E-state index contributed by atoms with van der Waals surface area (Å²) in [6.45, 7) is 10.5.